The van der Waals surface area contributed by atoms with E-state index in [0.717, 1.165) is 0 Å². The molecule has 0 fully saturated rings. The predicted molar refractivity (Wildman–Crippen MR) is 142 cm³/mol. The molecule has 0 aliphatic carbocycles. The summed E-state index contributed by atoms with van der Waals surface area (Å²) in [5.74, 6) is -1.24. The first-order valence-corrected chi connectivity index (χ1v) is 12.1. The molecule has 194 valence electrons. The Bertz CT molecular complexity index is 1560. The van der Waals surface area contributed by atoms with Crippen LogP contribution in [-0.2, 0) is 9.53 Å². The summed E-state index contributed by atoms with van der Waals surface area (Å²) in [7, 11) is 1.52. The van der Waals surface area contributed by atoms with Crippen LogP contribution in [0.25, 0.3) is 32.9 Å². The highest BCUT2D eigenvalue weighted by atomic mass is 35.5. The van der Waals surface area contributed by atoms with Crippen molar-refractivity contribution in [1.82, 2.24) is 19.9 Å². The van der Waals surface area contributed by atoms with Crippen LogP contribution in [-0.4, -0.2) is 59.1 Å². The summed E-state index contributed by atoms with van der Waals surface area (Å²) >= 11 is 6.23. The zero-order chi connectivity index (χ0) is 27.1. The molecule has 0 aliphatic rings. The number of carbonyl (C=O) groups excluding carboxylic acids is 1. The van der Waals surface area contributed by atoms with Gasteiger partial charge in [-0.25, -0.2) is 18.7 Å². The van der Waals surface area contributed by atoms with E-state index in [1.165, 1.54) is 36.7 Å². The minimum absolute atomic E-state index is 0.0172. The van der Waals surface area contributed by atoms with Gasteiger partial charge >= 0.3 is 0 Å². The second-order valence-electron chi connectivity index (χ2n) is 8.19. The third kappa shape index (κ3) is 5.69. The van der Waals surface area contributed by atoms with E-state index in [1.54, 1.807) is 30.3 Å². The molecule has 0 atom stereocenters. The van der Waals surface area contributed by atoms with Gasteiger partial charge < -0.3 is 15.0 Å². The van der Waals surface area contributed by atoms with E-state index in [9.17, 15) is 9.18 Å². The van der Waals surface area contributed by atoms with Gasteiger partial charge in [0.05, 0.1) is 29.5 Å². The highest BCUT2D eigenvalue weighted by molar-refractivity contribution is 6.36. The van der Waals surface area contributed by atoms with Crippen LogP contribution in [0.4, 0.5) is 14.6 Å². The van der Waals surface area contributed by atoms with E-state index in [0.29, 0.717) is 34.1 Å². The van der Waals surface area contributed by atoms with E-state index in [-0.39, 0.29) is 48.2 Å². The molecule has 11 heteroatoms. The Morgan fingerprint density at radius 1 is 1.21 bits per heavy atom. The number of methoxy groups -OCH3 is 1. The second kappa shape index (κ2) is 12.4. The van der Waals surface area contributed by atoms with Gasteiger partial charge in [0.15, 0.2) is 5.82 Å². The molecule has 1 N–H and O–H groups in total. The smallest absolute Gasteiger partial charge is 0.246 e. The fourth-order valence-corrected chi connectivity index (χ4v) is 4.28. The summed E-state index contributed by atoms with van der Waals surface area (Å²) in [5, 5.41) is 13.2. The zero-order valence-corrected chi connectivity index (χ0v) is 21.2. The van der Waals surface area contributed by atoms with E-state index in [1.807, 2.05) is 6.07 Å². The maximum absolute atomic E-state index is 15.7. The average molecular weight is 537 g/mol. The van der Waals surface area contributed by atoms with Crippen LogP contribution in [0.15, 0.2) is 55.0 Å². The summed E-state index contributed by atoms with van der Waals surface area (Å²) in [5.41, 5.74) is 0.348. The summed E-state index contributed by atoms with van der Waals surface area (Å²) in [6.07, 6.45) is 5.83. The van der Waals surface area contributed by atoms with Crippen molar-refractivity contribution in [2.24, 2.45) is 0 Å². The standard InChI is InChI=1S/C27H23ClF2N6O2/c1-38-14-3-7-21(37)36(12-4-10-31)13-11-32-27-19-15-33-25(24(30)26(19)34-16-35-27)18-6-2-5-17-8-9-20(29)23(28)22(17)18/h2-3,5-9,15-16H,4,11-14H2,1H3,(H,32,34,35)/b7-3+. The number of aromatic nitrogens is 3. The lowest BCUT2D eigenvalue weighted by Crippen LogP contribution is -2.34. The number of halogens is 3. The number of nitrogens with zero attached hydrogens (tertiary/aromatic N) is 5. The van der Waals surface area contributed by atoms with Crippen LogP contribution in [0.5, 0.6) is 0 Å². The average Bonchev–Trinajstić information content (AvgIpc) is 2.93. The highest BCUT2D eigenvalue weighted by Crippen LogP contribution is 2.37. The minimum atomic E-state index is -0.699. The zero-order valence-electron chi connectivity index (χ0n) is 20.4. The lowest BCUT2D eigenvalue weighted by Gasteiger charge is -2.20. The third-order valence-corrected chi connectivity index (χ3v) is 6.18. The summed E-state index contributed by atoms with van der Waals surface area (Å²) < 4.78 is 34.8. The summed E-state index contributed by atoms with van der Waals surface area (Å²) in [4.78, 5) is 26.6. The Morgan fingerprint density at radius 2 is 2.05 bits per heavy atom. The summed E-state index contributed by atoms with van der Waals surface area (Å²) in [6.45, 7) is 1.11. The van der Waals surface area contributed by atoms with Gasteiger partial charge in [-0.1, -0.05) is 41.9 Å². The monoisotopic (exact) mass is 536 g/mol. The molecule has 0 bridgehead atoms. The van der Waals surface area contributed by atoms with Crippen LogP contribution in [0.2, 0.25) is 5.02 Å². The van der Waals surface area contributed by atoms with E-state index >= 15 is 4.39 Å². The van der Waals surface area contributed by atoms with Gasteiger partial charge in [-0.05, 0) is 11.5 Å². The maximum atomic E-state index is 15.7. The van der Waals surface area contributed by atoms with Crippen molar-refractivity contribution in [3.05, 3.63) is 71.7 Å². The van der Waals surface area contributed by atoms with E-state index in [2.05, 4.69) is 20.3 Å². The number of ether oxygens (including phenoxy) is 1. The van der Waals surface area contributed by atoms with Crippen LogP contribution in [0.1, 0.15) is 6.42 Å². The number of benzene rings is 2. The van der Waals surface area contributed by atoms with Gasteiger partial charge in [0.1, 0.15) is 29.2 Å². The first-order chi connectivity index (χ1) is 18.5. The van der Waals surface area contributed by atoms with Crippen molar-refractivity contribution in [2.75, 3.05) is 38.7 Å². The quantitative estimate of drug-likeness (QED) is 0.280. The number of amides is 1. The Kier molecular flexibility index (Phi) is 8.73. The highest BCUT2D eigenvalue weighted by Gasteiger charge is 2.19. The molecule has 2 aromatic carbocycles. The molecule has 2 heterocycles. The molecular formula is C27H23ClF2N6O2. The van der Waals surface area contributed by atoms with Crippen molar-refractivity contribution in [1.29, 1.82) is 5.26 Å². The number of pyridine rings is 1. The normalized spacial score (nSPS) is 11.2. The fraction of sp³-hybridized carbons (Fsp3) is 0.222. The van der Waals surface area contributed by atoms with Crippen molar-refractivity contribution < 1.29 is 18.3 Å². The number of fused-ring (bicyclic) bond motifs is 2. The van der Waals surface area contributed by atoms with Crippen molar-refractivity contribution in [2.45, 2.75) is 6.42 Å². The van der Waals surface area contributed by atoms with Crippen LogP contribution >= 0.6 is 11.6 Å². The van der Waals surface area contributed by atoms with Crippen LogP contribution < -0.4 is 5.32 Å². The number of hydrogen-bond donors (Lipinski definition) is 1. The topological polar surface area (TPSA) is 104 Å². The second-order valence-corrected chi connectivity index (χ2v) is 8.57. The van der Waals surface area contributed by atoms with Gasteiger partial charge in [-0.15, -0.1) is 0 Å². The van der Waals surface area contributed by atoms with Gasteiger partial charge in [0, 0.05) is 50.0 Å². The minimum Gasteiger partial charge on any atom is -0.381 e. The molecule has 4 aromatic rings. The van der Waals surface area contributed by atoms with Gasteiger partial charge in [0.2, 0.25) is 5.91 Å². The molecule has 0 radical (unpaired) electrons. The Labute approximate surface area is 222 Å². The molecule has 0 saturated carbocycles. The number of carbonyl (C=O) groups is 1. The van der Waals surface area contributed by atoms with E-state index in [4.69, 9.17) is 21.6 Å². The molecule has 8 nitrogen and oxygen atoms in total. The first kappa shape index (κ1) is 26.9. The molecule has 38 heavy (non-hydrogen) atoms. The van der Waals surface area contributed by atoms with Crippen LogP contribution in [0, 0.1) is 23.0 Å². The number of nitriles is 1. The van der Waals surface area contributed by atoms with Crippen LogP contribution in [0.3, 0.4) is 0 Å². The number of rotatable bonds is 10. The molecule has 0 spiro atoms. The molecule has 0 saturated heterocycles. The molecule has 0 aliphatic heterocycles. The largest absolute Gasteiger partial charge is 0.381 e. The molecule has 1 amide bonds. The Hall–Kier alpha value is -4.20. The lowest BCUT2D eigenvalue weighted by molar-refractivity contribution is -0.125. The lowest BCUT2D eigenvalue weighted by atomic mass is 10.0. The van der Waals surface area contributed by atoms with Gasteiger partial charge in [0.25, 0.3) is 0 Å². The molecule has 2 aromatic heterocycles. The molecule has 4 rings (SSSR count). The van der Waals surface area contributed by atoms with Crippen molar-refractivity contribution >= 4 is 45.0 Å². The van der Waals surface area contributed by atoms with Crippen molar-refractivity contribution in [3.8, 4) is 17.3 Å². The molecular weight excluding hydrogens is 514 g/mol. The van der Waals surface area contributed by atoms with Gasteiger partial charge in [-0.2, -0.15) is 5.26 Å². The summed E-state index contributed by atoms with van der Waals surface area (Å²) in [6, 6.07) is 9.96. The Morgan fingerprint density at radius 3 is 2.84 bits per heavy atom. The number of hydrogen-bond acceptors (Lipinski definition) is 7. The third-order valence-electron chi connectivity index (χ3n) is 5.82. The SMILES string of the molecule is COC/C=C/C(=O)N(CCC#N)CCNc1ncnc2c(F)c(-c3cccc4ccc(F)c(Cl)c34)ncc12. The Balaban J connectivity index is 1.60. The first-order valence-electron chi connectivity index (χ1n) is 11.7. The molecule has 0 unspecified atom stereocenters. The number of anilines is 1. The maximum Gasteiger partial charge on any atom is 0.246 e. The van der Waals surface area contributed by atoms with Crippen molar-refractivity contribution in [3.63, 3.8) is 0 Å². The number of nitrogens with one attached hydrogen (secondary N) is 1. The fourth-order valence-electron chi connectivity index (χ4n) is 4.00. The van der Waals surface area contributed by atoms with E-state index < -0.39 is 11.6 Å². The predicted octanol–water partition coefficient (Wildman–Crippen LogP) is 5.13. The van der Waals surface area contributed by atoms with Gasteiger partial charge in [-0.3, -0.25) is 9.78 Å².